The van der Waals surface area contributed by atoms with Gasteiger partial charge < -0.3 is 14.6 Å². The first kappa shape index (κ1) is 20.3. The summed E-state index contributed by atoms with van der Waals surface area (Å²) in [5.74, 6) is 0.0334. The highest BCUT2D eigenvalue weighted by molar-refractivity contribution is 5.78. The summed E-state index contributed by atoms with van der Waals surface area (Å²) in [6.45, 7) is 7.15. The summed E-state index contributed by atoms with van der Waals surface area (Å²) in [6, 6.07) is 0. The minimum absolute atomic E-state index is 0.137. The molecule has 6 heteroatoms. The smallest absolute Gasteiger partial charge is 0.317 e. The van der Waals surface area contributed by atoms with Crippen molar-refractivity contribution in [1.29, 1.82) is 0 Å². The van der Waals surface area contributed by atoms with Gasteiger partial charge in [-0.25, -0.2) is 0 Å². The second-order valence-electron chi connectivity index (χ2n) is 11.6. The third kappa shape index (κ3) is 2.34. The lowest BCUT2D eigenvalue weighted by molar-refractivity contribution is -0.230. The van der Waals surface area contributed by atoms with Gasteiger partial charge in [-0.15, -0.1) is 0 Å². The molecule has 9 atom stereocenters. The molecule has 6 aliphatic carbocycles. The number of rotatable bonds is 4. The van der Waals surface area contributed by atoms with Crippen molar-refractivity contribution in [3.05, 3.63) is 0 Å². The van der Waals surface area contributed by atoms with E-state index in [1.807, 2.05) is 0 Å². The fourth-order valence-electron chi connectivity index (χ4n) is 9.46. The van der Waals surface area contributed by atoms with Crippen LogP contribution in [0, 0.1) is 45.3 Å². The summed E-state index contributed by atoms with van der Waals surface area (Å²) in [5, 5.41) is 10.5. The number of hydrogen-bond acceptors (Lipinski definition) is 5. The van der Waals surface area contributed by atoms with Crippen molar-refractivity contribution in [3.63, 3.8) is 0 Å². The number of carboxylic acids is 1. The van der Waals surface area contributed by atoms with Gasteiger partial charge in [0.2, 0.25) is 0 Å². The van der Waals surface area contributed by atoms with Crippen molar-refractivity contribution in [2.24, 2.45) is 45.3 Å². The Kier molecular flexibility index (Phi) is 4.07. The normalized spacial score (nSPS) is 52.6. The van der Waals surface area contributed by atoms with Crippen LogP contribution in [0.25, 0.3) is 0 Å². The summed E-state index contributed by atoms with van der Waals surface area (Å²) in [7, 11) is 0. The Morgan fingerprint density at radius 3 is 2.27 bits per heavy atom. The molecule has 4 bridgehead atoms. The molecule has 0 unspecified atom stereocenters. The molecule has 30 heavy (non-hydrogen) atoms. The van der Waals surface area contributed by atoms with Crippen molar-refractivity contribution in [3.8, 4) is 0 Å². The monoisotopic (exact) mass is 418 g/mol. The number of carbonyl (C=O) groups excluding carboxylic acids is 2. The van der Waals surface area contributed by atoms with Crippen LogP contribution in [0.4, 0.5) is 0 Å². The number of carbonyl (C=O) groups is 3. The number of carboxylic acid groups (broad SMARTS) is 1. The van der Waals surface area contributed by atoms with Crippen molar-refractivity contribution in [2.75, 3.05) is 6.61 Å². The molecule has 6 fully saturated rings. The average Bonchev–Trinajstić information content (AvgIpc) is 3.10. The highest BCUT2D eigenvalue weighted by Crippen LogP contribution is 2.85. The SMILES string of the molecule is CC(=O)OC[C@@]1(C(=O)O)[C@H](OC(C)=O)CC[C@@]2(C)[C@@H]3C[C@@H]4[C@H]5C[C@@]3(CC[C@@H]21)C[C@@]45C. The number of esters is 2. The Labute approximate surface area is 178 Å². The molecule has 0 amide bonds. The van der Waals surface area contributed by atoms with E-state index in [1.54, 1.807) is 0 Å². The van der Waals surface area contributed by atoms with Gasteiger partial charge in [0.15, 0.2) is 0 Å². The summed E-state index contributed by atoms with van der Waals surface area (Å²) in [5.41, 5.74) is -0.642. The first-order chi connectivity index (χ1) is 14.0. The number of hydrogen-bond donors (Lipinski definition) is 1. The molecular weight excluding hydrogens is 384 g/mol. The molecular formula is C24H34O6. The Morgan fingerprint density at radius 2 is 1.70 bits per heavy atom. The average molecular weight is 419 g/mol. The van der Waals surface area contributed by atoms with E-state index in [0.29, 0.717) is 23.2 Å². The Hall–Kier alpha value is -1.59. The van der Waals surface area contributed by atoms with Gasteiger partial charge in [-0.3, -0.25) is 14.4 Å². The van der Waals surface area contributed by atoms with Gasteiger partial charge in [0.05, 0.1) is 0 Å². The van der Waals surface area contributed by atoms with Crippen LogP contribution in [0.2, 0.25) is 0 Å². The predicted octanol–water partition coefficient (Wildman–Crippen LogP) is 3.81. The molecule has 6 aliphatic rings. The Morgan fingerprint density at radius 1 is 0.967 bits per heavy atom. The molecule has 6 nitrogen and oxygen atoms in total. The van der Waals surface area contributed by atoms with E-state index in [1.165, 1.54) is 33.1 Å². The van der Waals surface area contributed by atoms with E-state index in [4.69, 9.17) is 9.47 Å². The zero-order chi connectivity index (χ0) is 21.7. The Balaban J connectivity index is 1.55. The molecule has 166 valence electrons. The fraction of sp³-hybridized carbons (Fsp3) is 0.875. The molecule has 0 aromatic heterocycles. The quantitative estimate of drug-likeness (QED) is 0.698. The summed E-state index contributed by atoms with van der Waals surface area (Å²) in [6.07, 6.45) is 6.25. The van der Waals surface area contributed by atoms with E-state index in [2.05, 4.69) is 13.8 Å². The van der Waals surface area contributed by atoms with Crippen molar-refractivity contribution < 1.29 is 29.0 Å². The first-order valence-corrected chi connectivity index (χ1v) is 11.5. The van der Waals surface area contributed by atoms with Crippen LogP contribution in [0.1, 0.15) is 72.6 Å². The third-order valence-corrected chi connectivity index (χ3v) is 10.5. The summed E-state index contributed by atoms with van der Waals surface area (Å²) < 4.78 is 11.0. The Bertz CT molecular complexity index is 823. The minimum Gasteiger partial charge on any atom is -0.481 e. The lowest BCUT2D eigenvalue weighted by atomic mass is 9.39. The summed E-state index contributed by atoms with van der Waals surface area (Å²) in [4.78, 5) is 36.4. The van der Waals surface area contributed by atoms with Crippen LogP contribution in [-0.2, 0) is 23.9 Å². The topological polar surface area (TPSA) is 89.9 Å². The maximum atomic E-state index is 12.9. The molecule has 0 radical (unpaired) electrons. The van der Waals surface area contributed by atoms with Gasteiger partial charge >= 0.3 is 17.9 Å². The maximum Gasteiger partial charge on any atom is 0.317 e. The van der Waals surface area contributed by atoms with Gasteiger partial charge in [-0.05, 0) is 84.9 Å². The highest BCUT2D eigenvalue weighted by atomic mass is 16.6. The van der Waals surface area contributed by atoms with Crippen LogP contribution in [-0.4, -0.2) is 35.7 Å². The van der Waals surface area contributed by atoms with Gasteiger partial charge in [-0.1, -0.05) is 13.8 Å². The van der Waals surface area contributed by atoms with Crippen LogP contribution in [0.3, 0.4) is 0 Å². The zero-order valence-electron chi connectivity index (χ0n) is 18.5. The van der Waals surface area contributed by atoms with Gasteiger partial charge in [0.25, 0.3) is 0 Å². The third-order valence-electron chi connectivity index (χ3n) is 10.5. The highest BCUT2D eigenvalue weighted by Gasteiger charge is 2.79. The van der Waals surface area contributed by atoms with Crippen LogP contribution >= 0.6 is 0 Å². The molecule has 6 rings (SSSR count). The lowest BCUT2D eigenvalue weighted by Crippen LogP contribution is -2.66. The maximum absolute atomic E-state index is 12.9. The molecule has 0 aliphatic heterocycles. The molecule has 1 spiro atoms. The van der Waals surface area contributed by atoms with Crippen molar-refractivity contribution >= 4 is 17.9 Å². The number of ether oxygens (including phenoxy) is 2. The van der Waals surface area contributed by atoms with Gasteiger partial charge in [0, 0.05) is 13.8 Å². The summed E-state index contributed by atoms with van der Waals surface area (Å²) >= 11 is 0. The van der Waals surface area contributed by atoms with Crippen LogP contribution < -0.4 is 0 Å². The molecule has 0 heterocycles. The lowest BCUT2D eigenvalue weighted by Gasteiger charge is -2.66. The number of aliphatic carboxylic acids is 1. The van der Waals surface area contributed by atoms with E-state index in [9.17, 15) is 19.5 Å². The molecule has 0 aromatic carbocycles. The largest absolute Gasteiger partial charge is 0.481 e. The van der Waals surface area contributed by atoms with Crippen molar-refractivity contribution in [2.45, 2.75) is 78.7 Å². The second kappa shape index (κ2) is 6.01. The van der Waals surface area contributed by atoms with Crippen molar-refractivity contribution in [1.82, 2.24) is 0 Å². The van der Waals surface area contributed by atoms with Gasteiger partial charge in [-0.2, -0.15) is 0 Å². The van der Waals surface area contributed by atoms with Gasteiger partial charge in [0.1, 0.15) is 18.1 Å². The molecule has 0 aromatic rings. The zero-order valence-corrected chi connectivity index (χ0v) is 18.5. The predicted molar refractivity (Wildman–Crippen MR) is 107 cm³/mol. The molecule has 0 saturated heterocycles. The van der Waals surface area contributed by atoms with E-state index < -0.39 is 29.4 Å². The van der Waals surface area contributed by atoms with Crippen LogP contribution in [0.5, 0.6) is 0 Å². The minimum atomic E-state index is -1.38. The first-order valence-electron chi connectivity index (χ1n) is 11.5. The van der Waals surface area contributed by atoms with E-state index in [0.717, 1.165) is 31.1 Å². The molecule has 6 saturated carbocycles. The fourth-order valence-corrected chi connectivity index (χ4v) is 9.46. The van der Waals surface area contributed by atoms with E-state index >= 15 is 0 Å². The number of fused-ring (bicyclic) bond motifs is 1. The second-order valence-corrected chi connectivity index (χ2v) is 11.6. The molecule has 1 N–H and O–H groups in total. The standard InChI is InChI=1S/C24H34O6/c1-13(25)29-12-24(20(27)28)17-5-8-23-10-16-15(22(16,4)11-23)9-18(23)21(17,3)7-6-19(24)30-14(2)26/h15-19H,5-12H2,1-4H3,(H,27,28)/t15-,16-,17+,18+,19-,21-,22+,23+,24+/m1/s1. The van der Waals surface area contributed by atoms with Crippen LogP contribution in [0.15, 0.2) is 0 Å². The van der Waals surface area contributed by atoms with E-state index in [-0.39, 0.29) is 17.9 Å².